The van der Waals surface area contributed by atoms with Crippen LogP contribution in [0.2, 0.25) is 0 Å². The highest BCUT2D eigenvalue weighted by Gasteiger charge is 2.35. The first kappa shape index (κ1) is 31.7. The van der Waals surface area contributed by atoms with Crippen molar-refractivity contribution < 1.29 is 41.8 Å². The van der Waals surface area contributed by atoms with Gasteiger partial charge >= 0.3 is 18.3 Å². The molecular weight excluding hydrogens is 515 g/mol. The second kappa shape index (κ2) is 14.0. The largest absolute Gasteiger partial charge is 0.573 e. The molecule has 7 nitrogen and oxygen atoms in total. The fraction of sp³-hybridized carbons (Fsp3) is 0.483. The zero-order valence-corrected chi connectivity index (χ0v) is 22.9. The van der Waals surface area contributed by atoms with Crippen LogP contribution in [0.15, 0.2) is 48.5 Å². The molecule has 1 N–H and O–H groups in total. The van der Waals surface area contributed by atoms with Gasteiger partial charge in [0.25, 0.3) is 5.91 Å². The van der Waals surface area contributed by atoms with Gasteiger partial charge in [0.1, 0.15) is 11.4 Å². The van der Waals surface area contributed by atoms with E-state index in [4.69, 9.17) is 9.47 Å². The van der Waals surface area contributed by atoms with Crippen molar-refractivity contribution in [2.45, 2.75) is 77.7 Å². The first-order valence-electron chi connectivity index (χ1n) is 12.9. The fourth-order valence-corrected chi connectivity index (χ4v) is 4.11. The number of halogens is 3. The quantitative estimate of drug-likeness (QED) is 0.313. The zero-order valence-electron chi connectivity index (χ0n) is 22.9. The van der Waals surface area contributed by atoms with Crippen LogP contribution < -0.4 is 10.1 Å². The second-order valence-electron chi connectivity index (χ2n) is 9.96. The summed E-state index contributed by atoms with van der Waals surface area (Å²) in [5.41, 5.74) is 0.849. The SMILES string of the molecule is CCCC(c1ccc(C(=O)NCCC(=O)OCC)cc1)[C@H](C(=O)OC(C)(C)C)c1ccc(OC(F)(F)F)cc1. The van der Waals surface area contributed by atoms with Crippen LogP contribution >= 0.6 is 0 Å². The number of rotatable bonds is 12. The van der Waals surface area contributed by atoms with Crippen molar-refractivity contribution in [3.63, 3.8) is 0 Å². The van der Waals surface area contributed by atoms with Crippen LogP contribution in [0, 0.1) is 0 Å². The summed E-state index contributed by atoms with van der Waals surface area (Å²) in [7, 11) is 0. The Morgan fingerprint density at radius 3 is 2.00 bits per heavy atom. The molecule has 0 aliphatic rings. The van der Waals surface area contributed by atoms with Gasteiger partial charge in [0, 0.05) is 18.0 Å². The van der Waals surface area contributed by atoms with Crippen molar-refractivity contribution >= 4 is 17.8 Å². The minimum Gasteiger partial charge on any atom is -0.466 e. The molecule has 2 atom stereocenters. The molecule has 1 amide bonds. The van der Waals surface area contributed by atoms with Gasteiger partial charge in [-0.05, 0) is 69.5 Å². The Balaban J connectivity index is 2.33. The molecule has 1 unspecified atom stereocenters. The van der Waals surface area contributed by atoms with Crippen LogP contribution in [0.25, 0.3) is 0 Å². The highest BCUT2D eigenvalue weighted by atomic mass is 19.4. The second-order valence-corrected chi connectivity index (χ2v) is 9.96. The maximum absolute atomic E-state index is 13.4. The lowest BCUT2D eigenvalue weighted by Crippen LogP contribution is -2.31. The Morgan fingerprint density at radius 2 is 1.49 bits per heavy atom. The Kier molecular flexibility index (Phi) is 11.4. The van der Waals surface area contributed by atoms with Crippen molar-refractivity contribution in [2.75, 3.05) is 13.2 Å². The molecule has 10 heteroatoms. The Morgan fingerprint density at radius 1 is 0.897 bits per heavy atom. The number of amides is 1. The maximum Gasteiger partial charge on any atom is 0.573 e. The summed E-state index contributed by atoms with van der Waals surface area (Å²) >= 11 is 0. The first-order chi connectivity index (χ1) is 18.2. The molecular formula is C29H36F3NO6. The molecule has 0 heterocycles. The summed E-state index contributed by atoms with van der Waals surface area (Å²) < 4.78 is 52.5. The monoisotopic (exact) mass is 551 g/mol. The number of alkyl halides is 3. The Bertz CT molecular complexity index is 1090. The van der Waals surface area contributed by atoms with Crippen LogP contribution in [0.4, 0.5) is 13.2 Å². The number of benzene rings is 2. The molecule has 2 aromatic rings. The Labute approximate surface area is 227 Å². The van der Waals surface area contributed by atoms with E-state index in [2.05, 4.69) is 10.1 Å². The topological polar surface area (TPSA) is 90.9 Å². The maximum atomic E-state index is 13.4. The molecule has 0 aromatic heterocycles. The minimum absolute atomic E-state index is 0.0562. The van der Waals surface area contributed by atoms with Crippen molar-refractivity contribution in [1.29, 1.82) is 0 Å². The van der Waals surface area contributed by atoms with Crippen LogP contribution in [0.3, 0.4) is 0 Å². The number of hydrogen-bond donors (Lipinski definition) is 1. The lowest BCUT2D eigenvalue weighted by atomic mass is 9.78. The third-order valence-electron chi connectivity index (χ3n) is 5.66. The number of esters is 2. The molecule has 0 aliphatic carbocycles. The molecule has 0 radical (unpaired) electrons. The lowest BCUT2D eigenvalue weighted by molar-refractivity contribution is -0.274. The summed E-state index contributed by atoms with van der Waals surface area (Å²) in [5, 5.41) is 2.67. The van der Waals surface area contributed by atoms with E-state index >= 15 is 0 Å². The van der Waals surface area contributed by atoms with Gasteiger partial charge in [0.05, 0.1) is 18.9 Å². The van der Waals surface area contributed by atoms with Crippen LogP contribution in [0.5, 0.6) is 5.75 Å². The third kappa shape index (κ3) is 10.6. The van der Waals surface area contributed by atoms with Crippen molar-refractivity contribution in [2.24, 2.45) is 0 Å². The smallest absolute Gasteiger partial charge is 0.466 e. The molecule has 2 rings (SSSR count). The predicted molar refractivity (Wildman–Crippen MR) is 139 cm³/mol. The lowest BCUT2D eigenvalue weighted by Gasteiger charge is -2.30. The normalized spacial score (nSPS) is 13.2. The van der Waals surface area contributed by atoms with E-state index in [9.17, 15) is 27.6 Å². The van der Waals surface area contributed by atoms with Gasteiger partial charge in [0.2, 0.25) is 0 Å². The van der Waals surface area contributed by atoms with Gasteiger partial charge in [-0.25, -0.2) is 0 Å². The highest BCUT2D eigenvalue weighted by molar-refractivity contribution is 5.94. The molecule has 0 bridgehead atoms. The average Bonchev–Trinajstić information content (AvgIpc) is 2.83. The Hall–Kier alpha value is -3.56. The van der Waals surface area contributed by atoms with Crippen LogP contribution in [-0.2, 0) is 19.1 Å². The molecule has 39 heavy (non-hydrogen) atoms. The number of ether oxygens (including phenoxy) is 3. The fourth-order valence-electron chi connectivity index (χ4n) is 4.11. The van der Waals surface area contributed by atoms with Crippen molar-refractivity contribution in [3.8, 4) is 5.75 Å². The van der Waals surface area contributed by atoms with E-state index in [1.54, 1.807) is 52.0 Å². The van der Waals surface area contributed by atoms with Crippen LogP contribution in [0.1, 0.15) is 87.2 Å². The van der Waals surface area contributed by atoms with E-state index in [0.29, 0.717) is 17.5 Å². The number of hydrogen-bond acceptors (Lipinski definition) is 6. The van der Waals surface area contributed by atoms with Gasteiger partial charge in [-0.2, -0.15) is 0 Å². The molecule has 0 fully saturated rings. The average molecular weight is 552 g/mol. The van der Waals surface area contributed by atoms with E-state index < -0.39 is 29.8 Å². The third-order valence-corrected chi connectivity index (χ3v) is 5.66. The summed E-state index contributed by atoms with van der Waals surface area (Å²) in [6, 6.07) is 12.0. The molecule has 0 aliphatic heterocycles. The molecule has 214 valence electrons. The van der Waals surface area contributed by atoms with Crippen molar-refractivity contribution in [3.05, 3.63) is 65.2 Å². The van der Waals surface area contributed by atoms with Crippen LogP contribution in [-0.4, -0.2) is 43.0 Å². The molecule has 0 saturated heterocycles. The molecule has 2 aromatic carbocycles. The number of carbonyl (C=O) groups is 3. The van der Waals surface area contributed by atoms with Gasteiger partial charge < -0.3 is 19.5 Å². The number of nitrogens with one attached hydrogen (secondary N) is 1. The predicted octanol–water partition coefficient (Wildman–Crippen LogP) is 6.28. The molecule has 0 saturated carbocycles. The van der Waals surface area contributed by atoms with E-state index in [1.807, 2.05) is 6.92 Å². The number of carbonyl (C=O) groups excluding carboxylic acids is 3. The molecule has 0 spiro atoms. The standard InChI is InChI=1S/C29H36F3NO6/c1-6-8-23(19-9-11-21(12-10-19)26(35)33-18-17-24(34)37-7-2)25(27(36)39-28(3,4)5)20-13-15-22(16-14-20)38-29(30,31)32/h9-16,23,25H,6-8,17-18H2,1-5H3,(H,33,35)/t23?,25-/m1/s1. The van der Waals surface area contributed by atoms with E-state index in [1.165, 1.54) is 24.3 Å². The van der Waals surface area contributed by atoms with Gasteiger partial charge in [-0.15, -0.1) is 13.2 Å². The first-order valence-corrected chi connectivity index (χ1v) is 12.9. The highest BCUT2D eigenvalue weighted by Crippen LogP contribution is 2.39. The van der Waals surface area contributed by atoms with Gasteiger partial charge in [-0.1, -0.05) is 37.6 Å². The van der Waals surface area contributed by atoms with E-state index in [0.717, 1.165) is 12.0 Å². The van der Waals surface area contributed by atoms with E-state index in [-0.39, 0.29) is 37.1 Å². The summed E-state index contributed by atoms with van der Waals surface area (Å²) in [4.78, 5) is 37.4. The van der Waals surface area contributed by atoms with Gasteiger partial charge in [-0.3, -0.25) is 14.4 Å². The van der Waals surface area contributed by atoms with Gasteiger partial charge in [0.15, 0.2) is 0 Å². The summed E-state index contributed by atoms with van der Waals surface area (Å²) in [6.45, 7) is 9.29. The summed E-state index contributed by atoms with van der Waals surface area (Å²) in [5.74, 6) is -2.84. The van der Waals surface area contributed by atoms with Crippen molar-refractivity contribution in [1.82, 2.24) is 5.32 Å². The minimum atomic E-state index is -4.83. The zero-order chi connectivity index (χ0) is 29.2. The summed E-state index contributed by atoms with van der Waals surface area (Å²) in [6.07, 6.45) is -3.48.